The lowest BCUT2D eigenvalue weighted by molar-refractivity contribution is 0.0940. The fraction of sp³-hybridized carbons (Fsp3) is 0.500. The largest absolute Gasteiger partial charge is 0.396 e. The van der Waals surface area contributed by atoms with E-state index in [1.165, 1.54) is 0 Å². The number of aliphatic hydroxyl groups excluding tert-OH is 1. The zero-order chi connectivity index (χ0) is 11.4. The van der Waals surface area contributed by atoms with Crippen molar-refractivity contribution in [2.45, 2.75) is 19.3 Å². The molecule has 1 heterocycles. The van der Waals surface area contributed by atoms with Crippen LogP contribution in [0.4, 0.5) is 0 Å². The summed E-state index contributed by atoms with van der Waals surface area (Å²) in [5.41, 5.74) is 0.745. The summed E-state index contributed by atoms with van der Waals surface area (Å²) in [4.78, 5) is 15.6. The molecule has 2 N–H and O–H groups in total. The Bertz CT molecular complexity index is 361. The minimum atomic E-state index is -0.0858. The molecule has 1 aliphatic carbocycles. The summed E-state index contributed by atoms with van der Waals surface area (Å²) in [5, 5.41) is 11.8. The van der Waals surface area contributed by atoms with E-state index in [1.807, 2.05) is 0 Å². The number of nitrogens with zero attached hydrogens (tertiary/aromatic N) is 1. The van der Waals surface area contributed by atoms with Crippen LogP contribution in [0.5, 0.6) is 0 Å². The molecule has 1 aromatic rings. The molecule has 4 heteroatoms. The topological polar surface area (TPSA) is 62.2 Å². The highest BCUT2D eigenvalue weighted by Gasteiger charge is 2.41. The Kier molecular flexibility index (Phi) is 3.19. The number of aliphatic hydroxyl groups is 1. The van der Waals surface area contributed by atoms with Gasteiger partial charge in [0.2, 0.25) is 0 Å². The van der Waals surface area contributed by atoms with E-state index in [4.69, 9.17) is 5.11 Å². The van der Waals surface area contributed by atoms with E-state index in [-0.39, 0.29) is 17.9 Å². The van der Waals surface area contributed by atoms with Crippen LogP contribution in [0.2, 0.25) is 0 Å². The number of carbonyl (C=O) groups is 1. The Morgan fingerprint density at radius 1 is 1.56 bits per heavy atom. The molecule has 2 rings (SSSR count). The fourth-order valence-corrected chi connectivity index (χ4v) is 1.80. The van der Waals surface area contributed by atoms with E-state index in [1.54, 1.807) is 24.5 Å². The van der Waals surface area contributed by atoms with Gasteiger partial charge in [0.25, 0.3) is 5.91 Å². The molecular weight excluding hydrogens is 204 g/mol. The molecule has 0 aromatic carbocycles. The average Bonchev–Trinajstić information content (AvgIpc) is 3.08. The molecule has 4 nitrogen and oxygen atoms in total. The second-order valence-corrected chi connectivity index (χ2v) is 4.40. The molecule has 0 unspecified atom stereocenters. The molecule has 0 saturated heterocycles. The summed E-state index contributed by atoms with van der Waals surface area (Å²) in [6, 6.07) is 3.49. The molecule has 86 valence electrons. The highest BCUT2D eigenvalue weighted by molar-refractivity contribution is 5.93. The lowest BCUT2D eigenvalue weighted by Crippen LogP contribution is -2.30. The summed E-state index contributed by atoms with van der Waals surface area (Å²) in [5.74, 6) is -0.0858. The van der Waals surface area contributed by atoms with Crippen LogP contribution < -0.4 is 5.32 Å². The lowest BCUT2D eigenvalue weighted by atomic mass is 10.0. The van der Waals surface area contributed by atoms with Crippen molar-refractivity contribution in [3.8, 4) is 0 Å². The van der Waals surface area contributed by atoms with Gasteiger partial charge in [-0.2, -0.15) is 0 Å². The van der Waals surface area contributed by atoms with Crippen LogP contribution in [0.3, 0.4) is 0 Å². The Morgan fingerprint density at radius 2 is 2.38 bits per heavy atom. The van der Waals surface area contributed by atoms with Crippen LogP contribution in [0.1, 0.15) is 29.6 Å². The zero-order valence-electron chi connectivity index (χ0n) is 9.15. The third-order valence-corrected chi connectivity index (χ3v) is 3.15. The number of nitrogens with one attached hydrogen (secondary N) is 1. The Labute approximate surface area is 94.7 Å². The molecule has 0 atom stereocenters. The summed E-state index contributed by atoms with van der Waals surface area (Å²) in [7, 11) is 0. The quantitative estimate of drug-likeness (QED) is 0.777. The van der Waals surface area contributed by atoms with Crippen LogP contribution >= 0.6 is 0 Å². The third-order valence-electron chi connectivity index (χ3n) is 3.15. The fourth-order valence-electron chi connectivity index (χ4n) is 1.80. The van der Waals surface area contributed by atoms with E-state index in [9.17, 15) is 4.79 Å². The number of amides is 1. The van der Waals surface area contributed by atoms with Crippen molar-refractivity contribution >= 4 is 5.91 Å². The normalized spacial score (nSPS) is 16.8. The van der Waals surface area contributed by atoms with Gasteiger partial charge in [0.05, 0.1) is 5.56 Å². The number of carbonyl (C=O) groups excluding carboxylic acids is 1. The first-order valence-electron chi connectivity index (χ1n) is 5.55. The molecule has 0 radical (unpaired) electrons. The molecule has 0 spiro atoms. The molecule has 1 fully saturated rings. The predicted molar refractivity (Wildman–Crippen MR) is 59.9 cm³/mol. The molecule has 0 bridgehead atoms. The van der Waals surface area contributed by atoms with Crippen LogP contribution in [0.25, 0.3) is 0 Å². The first kappa shape index (κ1) is 11.1. The number of rotatable bonds is 5. The van der Waals surface area contributed by atoms with Crippen LogP contribution in [-0.2, 0) is 0 Å². The molecule has 16 heavy (non-hydrogen) atoms. The van der Waals surface area contributed by atoms with E-state index in [2.05, 4.69) is 10.3 Å². The van der Waals surface area contributed by atoms with Gasteiger partial charge >= 0.3 is 0 Å². The van der Waals surface area contributed by atoms with Crippen molar-refractivity contribution < 1.29 is 9.90 Å². The van der Waals surface area contributed by atoms with E-state index in [0.29, 0.717) is 12.1 Å². The first-order chi connectivity index (χ1) is 7.76. The Balaban J connectivity index is 1.85. The highest BCUT2D eigenvalue weighted by atomic mass is 16.3. The van der Waals surface area contributed by atoms with E-state index in [0.717, 1.165) is 19.3 Å². The van der Waals surface area contributed by atoms with Crippen molar-refractivity contribution in [1.82, 2.24) is 10.3 Å². The third kappa shape index (κ3) is 2.58. The van der Waals surface area contributed by atoms with Crippen molar-refractivity contribution in [1.29, 1.82) is 0 Å². The van der Waals surface area contributed by atoms with E-state index >= 15 is 0 Å². The van der Waals surface area contributed by atoms with Crippen molar-refractivity contribution in [3.63, 3.8) is 0 Å². The van der Waals surface area contributed by atoms with Gasteiger partial charge in [-0.1, -0.05) is 0 Å². The van der Waals surface area contributed by atoms with Crippen LogP contribution in [0, 0.1) is 5.41 Å². The maximum Gasteiger partial charge on any atom is 0.252 e. The van der Waals surface area contributed by atoms with Crippen molar-refractivity contribution in [3.05, 3.63) is 30.1 Å². The van der Waals surface area contributed by atoms with Gasteiger partial charge in [0.1, 0.15) is 0 Å². The maximum absolute atomic E-state index is 11.7. The van der Waals surface area contributed by atoms with Gasteiger partial charge in [-0.05, 0) is 36.8 Å². The Hall–Kier alpha value is -1.42. The molecule has 0 aliphatic heterocycles. The Morgan fingerprint density at radius 3 is 2.94 bits per heavy atom. The van der Waals surface area contributed by atoms with Gasteiger partial charge in [-0.3, -0.25) is 9.78 Å². The molecule has 1 saturated carbocycles. The van der Waals surface area contributed by atoms with Crippen molar-refractivity contribution in [2.75, 3.05) is 13.2 Å². The lowest BCUT2D eigenvalue weighted by Gasteiger charge is -2.14. The smallest absolute Gasteiger partial charge is 0.252 e. The van der Waals surface area contributed by atoms with Gasteiger partial charge in [-0.15, -0.1) is 0 Å². The summed E-state index contributed by atoms with van der Waals surface area (Å²) >= 11 is 0. The molecular formula is C12H16N2O2. The second-order valence-electron chi connectivity index (χ2n) is 4.40. The molecule has 1 amide bonds. The number of aromatic nitrogens is 1. The number of pyridine rings is 1. The SMILES string of the molecule is O=C(NCC1(CCO)CC1)c1cccnc1. The first-order valence-corrected chi connectivity index (χ1v) is 5.55. The monoisotopic (exact) mass is 220 g/mol. The maximum atomic E-state index is 11.7. The van der Waals surface area contributed by atoms with E-state index < -0.39 is 0 Å². The predicted octanol–water partition coefficient (Wildman–Crippen LogP) is 0.974. The minimum absolute atomic E-state index is 0.0858. The van der Waals surface area contributed by atoms with Gasteiger partial charge < -0.3 is 10.4 Å². The minimum Gasteiger partial charge on any atom is -0.396 e. The molecule has 1 aliphatic rings. The van der Waals surface area contributed by atoms with Crippen LogP contribution in [-0.4, -0.2) is 29.1 Å². The van der Waals surface area contributed by atoms with Crippen molar-refractivity contribution in [2.24, 2.45) is 5.41 Å². The standard InChI is InChI=1S/C12H16N2O2/c15-7-5-12(3-4-12)9-14-11(16)10-2-1-6-13-8-10/h1-2,6,8,15H,3-5,7,9H2,(H,14,16). The summed E-state index contributed by atoms with van der Waals surface area (Å²) in [6.07, 6.45) is 6.17. The van der Waals surface area contributed by atoms with Gasteiger partial charge in [-0.25, -0.2) is 0 Å². The number of hydrogen-bond acceptors (Lipinski definition) is 3. The zero-order valence-corrected chi connectivity index (χ0v) is 9.15. The average molecular weight is 220 g/mol. The second kappa shape index (κ2) is 4.61. The van der Waals surface area contributed by atoms with Gasteiger partial charge in [0.15, 0.2) is 0 Å². The highest BCUT2D eigenvalue weighted by Crippen LogP contribution is 2.47. The summed E-state index contributed by atoms with van der Waals surface area (Å²) in [6.45, 7) is 0.851. The van der Waals surface area contributed by atoms with Gasteiger partial charge in [0, 0.05) is 25.5 Å². The van der Waals surface area contributed by atoms with Crippen LogP contribution in [0.15, 0.2) is 24.5 Å². The number of hydrogen-bond donors (Lipinski definition) is 2. The molecule has 1 aromatic heterocycles. The summed E-state index contributed by atoms with van der Waals surface area (Å²) < 4.78 is 0.